The van der Waals surface area contributed by atoms with Crippen molar-refractivity contribution in [2.75, 3.05) is 26.0 Å². The highest BCUT2D eigenvalue weighted by Gasteiger charge is 2.64. The molecule has 0 aliphatic heterocycles. The number of unbranched alkanes of at least 4 members (excludes halogenated alkanes) is 1. The van der Waals surface area contributed by atoms with Crippen LogP contribution in [0.4, 0.5) is 11.4 Å². The summed E-state index contributed by atoms with van der Waals surface area (Å²) in [5, 5.41) is 59.3. The van der Waals surface area contributed by atoms with Crippen LogP contribution < -0.4 is 11.1 Å². The number of nitrogens with one attached hydrogen (secondary N) is 1. The van der Waals surface area contributed by atoms with Gasteiger partial charge >= 0.3 is 16.1 Å². The lowest BCUT2D eigenvalue weighted by atomic mass is 9.57. The van der Waals surface area contributed by atoms with Gasteiger partial charge in [0.25, 0.3) is 5.91 Å². The van der Waals surface area contributed by atoms with Gasteiger partial charge in [-0.1, -0.05) is 13.3 Å². The third-order valence-electron chi connectivity index (χ3n) is 7.74. The number of hydrogen-bond donors (Lipinski definition) is 8. The molecule has 0 spiro atoms. The number of phenolic OH excluding ortho intramolecular Hbond substituents is 1. The lowest BCUT2D eigenvalue weighted by Gasteiger charge is -2.50. The average molecular weight is 629 g/mol. The van der Waals surface area contributed by atoms with E-state index in [0.717, 1.165) is 12.8 Å². The molecule has 1 aromatic rings. The van der Waals surface area contributed by atoms with E-state index in [0.29, 0.717) is 17.8 Å². The van der Waals surface area contributed by atoms with E-state index in [4.69, 9.17) is 23.3 Å². The summed E-state index contributed by atoms with van der Waals surface area (Å²) in [4.78, 5) is 51.3. The SMILES string of the molecule is CCCCNc1cc([N+](=O)[O-])c(O)c2c1CC1CC3[C@H](N(C)C)C(=O)C(C(N)=O)=C(O)[C@@]3(O)C(=O)C1=C2O.O=S(=O)(O)O. The van der Waals surface area contributed by atoms with Gasteiger partial charge in [-0.05, 0) is 44.8 Å². The van der Waals surface area contributed by atoms with E-state index in [9.17, 15) is 44.9 Å². The topological polar surface area (TPSA) is 291 Å². The Labute approximate surface area is 245 Å². The lowest BCUT2D eigenvalue weighted by molar-refractivity contribution is -0.385. The van der Waals surface area contributed by atoms with Gasteiger partial charge in [0.15, 0.2) is 11.4 Å². The minimum absolute atomic E-state index is 0.0363. The molecule has 1 saturated carbocycles. The molecule has 3 aliphatic carbocycles. The molecule has 2 unspecified atom stereocenters. The Kier molecular flexibility index (Phi) is 9.23. The molecule has 43 heavy (non-hydrogen) atoms. The summed E-state index contributed by atoms with van der Waals surface area (Å²) in [5.41, 5.74) is 0.885. The third kappa shape index (κ3) is 5.91. The van der Waals surface area contributed by atoms with E-state index in [1.807, 2.05) is 6.92 Å². The first-order valence-corrected chi connectivity index (χ1v) is 14.3. The molecule has 0 bridgehead atoms. The molecule has 3 aliphatic rings. The summed E-state index contributed by atoms with van der Waals surface area (Å²) in [7, 11) is -1.64. The highest BCUT2D eigenvalue weighted by molar-refractivity contribution is 7.79. The number of Topliss-reactive ketones (excluding diaryl/α,β-unsaturated/α-hetero) is 2. The number of fused-ring (bicyclic) bond motifs is 3. The molecular formula is C25H32N4O13S. The molecule has 4 rings (SSSR count). The monoisotopic (exact) mass is 628 g/mol. The number of rotatable bonds is 7. The Morgan fingerprint density at radius 3 is 2.30 bits per heavy atom. The van der Waals surface area contributed by atoms with Gasteiger partial charge in [0, 0.05) is 29.8 Å². The molecule has 9 N–H and O–H groups in total. The van der Waals surface area contributed by atoms with Gasteiger partial charge in [0.2, 0.25) is 11.5 Å². The predicted octanol–water partition coefficient (Wildman–Crippen LogP) is 0.431. The summed E-state index contributed by atoms with van der Waals surface area (Å²) in [6.07, 6.45) is 1.55. The second-order valence-corrected chi connectivity index (χ2v) is 11.5. The average Bonchev–Trinajstić information content (AvgIpc) is 2.86. The Balaban J connectivity index is 0.000000934. The van der Waals surface area contributed by atoms with Crippen molar-refractivity contribution in [2.24, 2.45) is 17.6 Å². The zero-order chi connectivity index (χ0) is 32.8. The third-order valence-corrected chi connectivity index (χ3v) is 7.74. The first kappa shape index (κ1) is 33.4. The van der Waals surface area contributed by atoms with Crippen LogP contribution in [0.3, 0.4) is 0 Å². The van der Waals surface area contributed by atoms with Crippen LogP contribution >= 0.6 is 0 Å². The standard InChI is InChI=1S/C25H30N4O9.H2O4S/c1-4-5-6-27-13-9-14(29(37)38)19(30)16-11(13)7-10-8-12-18(28(2)3)21(32)17(24(26)35)23(34)25(12,36)22(33)15(10)20(16)31;1-5(2,3)4/h9-10,12,18,27,30-31,34,36H,4-8H2,1-3H3,(H2,26,35);(H2,1,2,3,4)/t10?,12?,18-,25-;/m0./s1. The molecule has 1 aromatic carbocycles. The predicted molar refractivity (Wildman–Crippen MR) is 148 cm³/mol. The molecule has 236 valence electrons. The number of nitrogens with zero attached hydrogens (tertiary/aromatic N) is 2. The Hall–Kier alpha value is -4.10. The van der Waals surface area contributed by atoms with Crippen molar-refractivity contribution in [3.05, 3.63) is 44.2 Å². The van der Waals surface area contributed by atoms with E-state index in [2.05, 4.69) is 5.32 Å². The summed E-state index contributed by atoms with van der Waals surface area (Å²) >= 11 is 0. The van der Waals surface area contributed by atoms with Gasteiger partial charge in [-0.25, -0.2) is 0 Å². The van der Waals surface area contributed by atoms with Crippen molar-refractivity contribution < 1.29 is 57.3 Å². The van der Waals surface area contributed by atoms with Crippen LogP contribution in [0.25, 0.3) is 5.76 Å². The number of hydrogen-bond acceptors (Lipinski definition) is 13. The van der Waals surface area contributed by atoms with Crippen molar-refractivity contribution in [1.29, 1.82) is 0 Å². The number of carbonyl (C=O) groups is 3. The van der Waals surface area contributed by atoms with Crippen molar-refractivity contribution in [3.63, 3.8) is 0 Å². The molecule has 4 atom stereocenters. The molecular weight excluding hydrogens is 596 g/mol. The maximum Gasteiger partial charge on any atom is 0.394 e. The van der Waals surface area contributed by atoms with Crippen molar-refractivity contribution >= 4 is 45.0 Å². The maximum atomic E-state index is 13.8. The number of benzene rings is 1. The van der Waals surface area contributed by atoms with Crippen molar-refractivity contribution in [2.45, 2.75) is 44.2 Å². The zero-order valence-electron chi connectivity index (χ0n) is 23.3. The number of aliphatic hydroxyl groups excluding tert-OH is 2. The number of aliphatic hydroxyl groups is 3. The Morgan fingerprint density at radius 1 is 1.23 bits per heavy atom. The second kappa shape index (κ2) is 11.9. The molecule has 17 nitrogen and oxygen atoms in total. The summed E-state index contributed by atoms with van der Waals surface area (Å²) in [6.45, 7) is 2.42. The minimum Gasteiger partial charge on any atom is -0.508 e. The zero-order valence-corrected chi connectivity index (χ0v) is 24.1. The van der Waals surface area contributed by atoms with Crippen LogP contribution in [-0.2, 0) is 31.2 Å². The Morgan fingerprint density at radius 2 is 1.81 bits per heavy atom. The number of aromatic hydroxyl groups is 1. The van der Waals surface area contributed by atoms with Crippen LogP contribution in [0.1, 0.15) is 37.3 Å². The van der Waals surface area contributed by atoms with Gasteiger partial charge in [-0.15, -0.1) is 0 Å². The molecule has 0 aromatic heterocycles. The van der Waals surface area contributed by atoms with Gasteiger partial charge < -0.3 is 31.5 Å². The molecule has 0 heterocycles. The number of amides is 1. The second-order valence-electron chi connectivity index (χ2n) is 10.6. The quantitative estimate of drug-likeness (QED) is 0.0507. The van der Waals surface area contributed by atoms with E-state index >= 15 is 0 Å². The van der Waals surface area contributed by atoms with E-state index in [-0.39, 0.29) is 24.0 Å². The summed E-state index contributed by atoms with van der Waals surface area (Å²) in [5.74, 6) is -8.15. The fourth-order valence-electron chi connectivity index (χ4n) is 5.99. The number of nitro benzene ring substituents is 1. The number of carbonyl (C=O) groups excluding carboxylic acids is 3. The van der Waals surface area contributed by atoms with Crippen molar-refractivity contribution in [1.82, 2.24) is 4.90 Å². The highest BCUT2D eigenvalue weighted by atomic mass is 32.3. The van der Waals surface area contributed by atoms with Crippen LogP contribution in [0.2, 0.25) is 0 Å². The smallest absolute Gasteiger partial charge is 0.394 e. The van der Waals surface area contributed by atoms with Crippen LogP contribution in [0.15, 0.2) is 23.0 Å². The molecule has 0 radical (unpaired) electrons. The number of likely N-dealkylation sites (N-methyl/N-ethyl adjacent to an activating group) is 1. The number of nitrogens with two attached hydrogens (primary N) is 1. The minimum atomic E-state index is -4.67. The highest BCUT2D eigenvalue weighted by Crippen LogP contribution is 2.54. The van der Waals surface area contributed by atoms with Crippen molar-refractivity contribution in [3.8, 4) is 5.75 Å². The molecule has 1 amide bonds. The normalized spacial score (nSPS) is 25.0. The van der Waals surface area contributed by atoms with Crippen LogP contribution in [0.5, 0.6) is 5.75 Å². The van der Waals surface area contributed by atoms with Gasteiger partial charge in [0.05, 0.1) is 16.5 Å². The number of anilines is 1. The lowest BCUT2D eigenvalue weighted by Crippen LogP contribution is -2.65. The number of primary amides is 1. The number of nitro groups is 1. The number of phenols is 1. The van der Waals surface area contributed by atoms with Crippen LogP contribution in [-0.4, -0.2) is 97.5 Å². The van der Waals surface area contributed by atoms with Crippen LogP contribution in [0, 0.1) is 22.0 Å². The molecule has 1 fully saturated rings. The Bertz CT molecular complexity index is 1560. The van der Waals surface area contributed by atoms with E-state index in [1.165, 1.54) is 25.1 Å². The fourth-order valence-corrected chi connectivity index (χ4v) is 5.99. The number of ketones is 2. The first-order chi connectivity index (χ1) is 19.8. The maximum absolute atomic E-state index is 13.8. The van der Waals surface area contributed by atoms with E-state index in [1.54, 1.807) is 0 Å². The molecule has 18 heteroatoms. The summed E-state index contributed by atoms with van der Waals surface area (Å²) in [6, 6.07) is -0.0244. The largest absolute Gasteiger partial charge is 0.508 e. The van der Waals surface area contributed by atoms with Gasteiger partial charge in [-0.2, -0.15) is 8.42 Å². The summed E-state index contributed by atoms with van der Waals surface area (Å²) < 4.78 is 31.6. The fraction of sp³-hybridized carbons (Fsp3) is 0.480. The first-order valence-electron chi connectivity index (χ1n) is 12.9. The van der Waals surface area contributed by atoms with E-state index < -0.39 is 84.8 Å². The van der Waals surface area contributed by atoms with Gasteiger partial charge in [0.1, 0.15) is 17.1 Å². The molecule has 0 saturated heterocycles. The van der Waals surface area contributed by atoms with Gasteiger partial charge in [-0.3, -0.25) is 38.5 Å².